The number of halogens is 1. The van der Waals surface area contributed by atoms with Gasteiger partial charge in [0.05, 0.1) is 6.54 Å². The molecular formula is C6H8BrNO. The molecule has 1 N–H and O–H groups in total. The Morgan fingerprint density at radius 3 is 2.89 bits per heavy atom. The van der Waals surface area contributed by atoms with E-state index in [-0.39, 0.29) is 0 Å². The average Bonchev–Trinajstić information content (AvgIpc) is 1.80. The Hall–Kier alpha value is -0.280. The second-order valence-corrected chi connectivity index (χ2v) is 2.90. The van der Waals surface area contributed by atoms with Crippen molar-refractivity contribution in [2.75, 3.05) is 6.54 Å². The number of hydrogen-bond donors (Lipinski definition) is 1. The molecule has 0 aliphatic carbocycles. The maximum absolute atomic E-state index is 8.89. The lowest BCUT2D eigenvalue weighted by atomic mass is 10.2. The molecule has 1 aliphatic rings. The molecule has 0 radical (unpaired) electrons. The number of rotatable bonds is 0. The molecule has 0 aromatic carbocycles. The van der Waals surface area contributed by atoms with Crippen LogP contribution in [-0.2, 0) is 0 Å². The molecule has 0 atom stereocenters. The first-order valence-corrected chi connectivity index (χ1v) is 3.48. The van der Waals surface area contributed by atoms with Gasteiger partial charge in [-0.2, -0.15) is 0 Å². The Labute approximate surface area is 62.6 Å². The molecule has 3 heteroatoms. The van der Waals surface area contributed by atoms with Crippen LogP contribution in [0.1, 0.15) is 6.92 Å². The zero-order valence-corrected chi connectivity index (χ0v) is 6.72. The van der Waals surface area contributed by atoms with Crippen molar-refractivity contribution in [2.45, 2.75) is 6.92 Å². The third kappa shape index (κ3) is 1.56. The first kappa shape index (κ1) is 6.83. The summed E-state index contributed by atoms with van der Waals surface area (Å²) in [6.07, 6.45) is 3.44. The molecule has 0 amide bonds. The predicted octanol–water partition coefficient (Wildman–Crippen LogP) is 1.87. The molecule has 50 valence electrons. The van der Waals surface area contributed by atoms with Crippen molar-refractivity contribution in [3.8, 4) is 0 Å². The molecule has 0 saturated carbocycles. The van der Waals surface area contributed by atoms with Gasteiger partial charge in [-0.1, -0.05) is 15.9 Å². The molecule has 1 rings (SSSR count). The van der Waals surface area contributed by atoms with Crippen LogP contribution in [0, 0.1) is 0 Å². The van der Waals surface area contributed by atoms with Crippen molar-refractivity contribution in [3.63, 3.8) is 0 Å². The van der Waals surface area contributed by atoms with E-state index in [1.807, 2.05) is 13.0 Å². The largest absolute Gasteiger partial charge is 0.289 e. The summed E-state index contributed by atoms with van der Waals surface area (Å²) >= 11 is 3.34. The normalized spacial score (nSPS) is 19.2. The zero-order valence-electron chi connectivity index (χ0n) is 5.13. The molecule has 0 saturated heterocycles. The van der Waals surface area contributed by atoms with Crippen molar-refractivity contribution < 1.29 is 5.21 Å². The lowest BCUT2D eigenvalue weighted by molar-refractivity contribution is -0.0328. The van der Waals surface area contributed by atoms with E-state index in [0.717, 1.165) is 15.1 Å². The second-order valence-electron chi connectivity index (χ2n) is 2.04. The molecule has 0 unspecified atom stereocenters. The maximum Gasteiger partial charge on any atom is 0.0667 e. The Morgan fingerprint density at radius 1 is 1.78 bits per heavy atom. The molecule has 9 heavy (non-hydrogen) atoms. The molecule has 0 bridgehead atoms. The topological polar surface area (TPSA) is 23.5 Å². The Bertz CT molecular complexity index is 174. The predicted molar refractivity (Wildman–Crippen MR) is 39.3 cm³/mol. The molecule has 0 spiro atoms. The van der Waals surface area contributed by atoms with Crippen molar-refractivity contribution in [1.82, 2.24) is 5.06 Å². The van der Waals surface area contributed by atoms with Gasteiger partial charge in [0.25, 0.3) is 0 Å². The third-order valence-electron chi connectivity index (χ3n) is 1.20. The van der Waals surface area contributed by atoms with Gasteiger partial charge in [0.2, 0.25) is 0 Å². The summed E-state index contributed by atoms with van der Waals surface area (Å²) in [6.45, 7) is 2.56. The quantitative estimate of drug-likeness (QED) is 0.630. The fourth-order valence-electron chi connectivity index (χ4n) is 0.665. The van der Waals surface area contributed by atoms with E-state index in [2.05, 4.69) is 15.9 Å². The zero-order chi connectivity index (χ0) is 6.85. The summed E-state index contributed by atoms with van der Waals surface area (Å²) < 4.78 is 1.06. The molecule has 1 aliphatic heterocycles. The highest BCUT2D eigenvalue weighted by molar-refractivity contribution is 9.11. The van der Waals surface area contributed by atoms with E-state index in [1.165, 1.54) is 0 Å². The summed E-state index contributed by atoms with van der Waals surface area (Å²) in [5.74, 6) is 0. The number of hydroxylamine groups is 2. The van der Waals surface area contributed by atoms with E-state index in [9.17, 15) is 0 Å². The van der Waals surface area contributed by atoms with Gasteiger partial charge in [0.1, 0.15) is 0 Å². The van der Waals surface area contributed by atoms with E-state index in [0.29, 0.717) is 6.54 Å². The van der Waals surface area contributed by atoms with E-state index >= 15 is 0 Å². The lowest BCUT2D eigenvalue weighted by Gasteiger charge is -2.16. The standard InChI is InChI=1S/C6H8BrNO/c1-5-4-8(9)3-2-6(5)7/h2-3,9H,4H2,1H3. The van der Waals surface area contributed by atoms with Crippen LogP contribution < -0.4 is 0 Å². The highest BCUT2D eigenvalue weighted by Gasteiger charge is 2.04. The third-order valence-corrected chi connectivity index (χ3v) is 2.14. The monoisotopic (exact) mass is 189 g/mol. The van der Waals surface area contributed by atoms with E-state index in [1.54, 1.807) is 6.20 Å². The Balaban J connectivity index is 2.75. The SMILES string of the molecule is CC1=C(Br)C=CN(O)C1. The van der Waals surface area contributed by atoms with Crippen LogP contribution in [-0.4, -0.2) is 16.8 Å². The van der Waals surface area contributed by atoms with Crippen LogP contribution in [0.3, 0.4) is 0 Å². The molecule has 0 aromatic rings. The minimum atomic E-state index is 0.594. The fourth-order valence-corrected chi connectivity index (χ4v) is 0.909. The van der Waals surface area contributed by atoms with E-state index < -0.39 is 0 Å². The molecule has 2 nitrogen and oxygen atoms in total. The van der Waals surface area contributed by atoms with Gasteiger partial charge >= 0.3 is 0 Å². The number of allylic oxidation sites excluding steroid dienone is 2. The van der Waals surface area contributed by atoms with Crippen molar-refractivity contribution in [3.05, 3.63) is 22.3 Å². The highest BCUT2D eigenvalue weighted by atomic mass is 79.9. The van der Waals surface area contributed by atoms with Crippen LogP contribution >= 0.6 is 15.9 Å². The summed E-state index contributed by atoms with van der Waals surface area (Å²) in [5, 5.41) is 10.0. The second kappa shape index (κ2) is 2.54. The minimum absolute atomic E-state index is 0.594. The maximum atomic E-state index is 8.89. The van der Waals surface area contributed by atoms with Crippen LogP contribution in [0.5, 0.6) is 0 Å². The van der Waals surface area contributed by atoms with Crippen LogP contribution in [0.15, 0.2) is 22.3 Å². The highest BCUT2D eigenvalue weighted by Crippen LogP contribution is 2.17. The van der Waals surface area contributed by atoms with Gasteiger partial charge in [0, 0.05) is 10.7 Å². The van der Waals surface area contributed by atoms with Crippen LogP contribution in [0.25, 0.3) is 0 Å². The van der Waals surface area contributed by atoms with Gasteiger partial charge in [-0.25, -0.2) is 0 Å². The van der Waals surface area contributed by atoms with Gasteiger partial charge in [-0.05, 0) is 18.6 Å². The van der Waals surface area contributed by atoms with Crippen LogP contribution in [0.2, 0.25) is 0 Å². The summed E-state index contributed by atoms with van der Waals surface area (Å²) in [7, 11) is 0. The van der Waals surface area contributed by atoms with Crippen molar-refractivity contribution in [2.24, 2.45) is 0 Å². The van der Waals surface area contributed by atoms with Gasteiger partial charge in [0.15, 0.2) is 0 Å². The number of nitrogens with zero attached hydrogens (tertiary/aromatic N) is 1. The van der Waals surface area contributed by atoms with Gasteiger partial charge in [-0.15, -0.1) is 0 Å². The summed E-state index contributed by atoms with van der Waals surface area (Å²) in [4.78, 5) is 0. The molecule has 1 heterocycles. The molecular weight excluding hydrogens is 182 g/mol. The van der Waals surface area contributed by atoms with E-state index in [4.69, 9.17) is 5.21 Å². The summed E-state index contributed by atoms with van der Waals surface area (Å²) in [6, 6.07) is 0. The molecule has 0 fully saturated rings. The summed E-state index contributed by atoms with van der Waals surface area (Å²) in [5.41, 5.74) is 1.14. The minimum Gasteiger partial charge on any atom is -0.289 e. The number of hydrogen-bond acceptors (Lipinski definition) is 2. The first-order chi connectivity index (χ1) is 4.20. The lowest BCUT2D eigenvalue weighted by Crippen LogP contribution is -2.17. The Kier molecular flexibility index (Phi) is 1.93. The first-order valence-electron chi connectivity index (χ1n) is 2.69. The fraction of sp³-hybridized carbons (Fsp3) is 0.333. The van der Waals surface area contributed by atoms with Gasteiger partial charge < -0.3 is 0 Å². The van der Waals surface area contributed by atoms with Crippen LogP contribution in [0.4, 0.5) is 0 Å². The smallest absolute Gasteiger partial charge is 0.0667 e. The van der Waals surface area contributed by atoms with Gasteiger partial charge in [-0.3, -0.25) is 10.3 Å². The average molecular weight is 190 g/mol. The van der Waals surface area contributed by atoms with Crippen molar-refractivity contribution in [1.29, 1.82) is 0 Å². The molecule has 0 aromatic heterocycles. The Morgan fingerprint density at radius 2 is 2.44 bits per heavy atom. The van der Waals surface area contributed by atoms with Crippen molar-refractivity contribution >= 4 is 15.9 Å².